The van der Waals surface area contributed by atoms with Crippen LogP contribution in [-0.4, -0.2) is 30.7 Å². The zero-order chi connectivity index (χ0) is 8.67. The molecule has 1 atom stereocenters. The maximum atomic E-state index is 3.38. The SMILES string of the molecule is C1=CNC2C(=C1)C=C1CNCCN12. The van der Waals surface area contributed by atoms with Crippen molar-refractivity contribution in [1.82, 2.24) is 15.5 Å². The van der Waals surface area contributed by atoms with E-state index in [4.69, 9.17) is 0 Å². The Hall–Kier alpha value is -1.22. The molecule has 0 bridgehead atoms. The quantitative estimate of drug-likeness (QED) is 0.549. The monoisotopic (exact) mass is 175 g/mol. The number of nitrogens with one attached hydrogen (secondary N) is 2. The minimum atomic E-state index is 0.405. The molecule has 0 amide bonds. The van der Waals surface area contributed by atoms with Gasteiger partial charge in [-0.15, -0.1) is 0 Å². The van der Waals surface area contributed by atoms with Crippen molar-refractivity contribution in [2.24, 2.45) is 0 Å². The fraction of sp³-hybridized carbons (Fsp3) is 0.400. The summed E-state index contributed by atoms with van der Waals surface area (Å²) in [6.07, 6.45) is 8.96. The van der Waals surface area contributed by atoms with Gasteiger partial charge >= 0.3 is 0 Å². The highest BCUT2D eigenvalue weighted by Gasteiger charge is 2.30. The first-order valence-corrected chi connectivity index (χ1v) is 4.76. The Labute approximate surface area is 77.8 Å². The summed E-state index contributed by atoms with van der Waals surface area (Å²) in [6.45, 7) is 3.21. The van der Waals surface area contributed by atoms with Gasteiger partial charge in [0.2, 0.25) is 0 Å². The molecule has 0 radical (unpaired) electrons. The lowest BCUT2D eigenvalue weighted by molar-refractivity contribution is 0.250. The summed E-state index contributed by atoms with van der Waals surface area (Å²) in [6, 6.07) is 0. The maximum absolute atomic E-state index is 3.38. The van der Waals surface area contributed by atoms with Gasteiger partial charge in [0, 0.05) is 25.3 Å². The third-order valence-electron chi connectivity index (χ3n) is 2.80. The Kier molecular flexibility index (Phi) is 1.46. The normalized spacial score (nSPS) is 30.2. The first-order chi connectivity index (χ1) is 6.45. The van der Waals surface area contributed by atoms with E-state index >= 15 is 0 Å². The smallest absolute Gasteiger partial charge is 0.125 e. The van der Waals surface area contributed by atoms with Gasteiger partial charge in [0.15, 0.2) is 0 Å². The van der Waals surface area contributed by atoms with E-state index in [1.807, 2.05) is 6.20 Å². The fourth-order valence-electron chi connectivity index (χ4n) is 2.17. The Balaban J connectivity index is 1.96. The molecule has 0 aliphatic carbocycles. The largest absolute Gasteiger partial charge is 0.368 e. The van der Waals surface area contributed by atoms with Crippen LogP contribution in [0.3, 0.4) is 0 Å². The van der Waals surface area contributed by atoms with Crippen molar-refractivity contribution in [1.29, 1.82) is 0 Å². The van der Waals surface area contributed by atoms with Crippen molar-refractivity contribution in [2.45, 2.75) is 6.17 Å². The predicted molar refractivity (Wildman–Crippen MR) is 51.8 cm³/mol. The minimum absolute atomic E-state index is 0.405. The molecule has 13 heavy (non-hydrogen) atoms. The molecular formula is C10H13N3. The molecule has 0 aromatic rings. The Morgan fingerprint density at radius 3 is 3.46 bits per heavy atom. The van der Waals surface area contributed by atoms with Crippen molar-refractivity contribution < 1.29 is 0 Å². The standard InChI is InChI=1S/C10H13N3/c1-2-8-6-9-7-11-4-5-13(9)10(8)12-3-1/h1-3,6,10-12H,4-5,7H2. The first kappa shape index (κ1) is 7.21. The lowest BCUT2D eigenvalue weighted by atomic mass is 10.2. The van der Waals surface area contributed by atoms with E-state index in [1.54, 1.807) is 0 Å². The average Bonchev–Trinajstić information content (AvgIpc) is 2.56. The van der Waals surface area contributed by atoms with Crippen LogP contribution in [0, 0.1) is 0 Å². The zero-order valence-corrected chi connectivity index (χ0v) is 7.46. The third kappa shape index (κ3) is 1.00. The highest BCUT2D eigenvalue weighted by Crippen LogP contribution is 2.27. The molecule has 0 saturated carbocycles. The molecule has 3 nitrogen and oxygen atoms in total. The van der Waals surface area contributed by atoms with Crippen molar-refractivity contribution in [2.75, 3.05) is 19.6 Å². The molecule has 1 unspecified atom stereocenters. The molecule has 3 rings (SSSR count). The summed E-state index contributed by atoms with van der Waals surface area (Å²) in [7, 11) is 0. The number of nitrogens with zero attached hydrogens (tertiary/aromatic N) is 1. The van der Waals surface area contributed by atoms with E-state index in [9.17, 15) is 0 Å². The summed E-state index contributed by atoms with van der Waals surface area (Å²) in [5.41, 5.74) is 2.81. The number of dihydropyridines is 1. The van der Waals surface area contributed by atoms with Crippen LogP contribution in [0.2, 0.25) is 0 Å². The maximum Gasteiger partial charge on any atom is 0.125 e. The summed E-state index contributed by atoms with van der Waals surface area (Å²) in [5.74, 6) is 0. The topological polar surface area (TPSA) is 27.3 Å². The molecule has 3 heteroatoms. The van der Waals surface area contributed by atoms with Crippen LogP contribution < -0.4 is 10.6 Å². The molecule has 68 valence electrons. The van der Waals surface area contributed by atoms with E-state index in [0.717, 1.165) is 19.6 Å². The molecule has 2 N–H and O–H groups in total. The van der Waals surface area contributed by atoms with Gasteiger partial charge < -0.3 is 15.5 Å². The second kappa shape index (κ2) is 2.64. The van der Waals surface area contributed by atoms with Gasteiger partial charge in [-0.25, -0.2) is 0 Å². The summed E-state index contributed by atoms with van der Waals surface area (Å²) >= 11 is 0. The van der Waals surface area contributed by atoms with Gasteiger partial charge in [0.05, 0.1) is 0 Å². The van der Waals surface area contributed by atoms with Crippen LogP contribution in [0.1, 0.15) is 0 Å². The second-order valence-electron chi connectivity index (χ2n) is 3.60. The molecule has 1 saturated heterocycles. The van der Waals surface area contributed by atoms with E-state index in [0.29, 0.717) is 6.17 Å². The summed E-state index contributed by atoms with van der Waals surface area (Å²) < 4.78 is 0. The number of allylic oxidation sites excluding steroid dienone is 2. The van der Waals surface area contributed by atoms with Crippen molar-refractivity contribution in [3.05, 3.63) is 35.7 Å². The third-order valence-corrected chi connectivity index (χ3v) is 2.80. The molecule has 3 heterocycles. The van der Waals surface area contributed by atoms with Crippen LogP contribution in [0.4, 0.5) is 0 Å². The minimum Gasteiger partial charge on any atom is -0.368 e. The highest BCUT2D eigenvalue weighted by atomic mass is 15.3. The van der Waals surface area contributed by atoms with Crippen LogP contribution in [0.15, 0.2) is 35.7 Å². The van der Waals surface area contributed by atoms with Gasteiger partial charge in [0.25, 0.3) is 0 Å². The molecule has 1 fully saturated rings. The van der Waals surface area contributed by atoms with Gasteiger partial charge in [-0.05, 0) is 23.9 Å². The summed E-state index contributed by atoms with van der Waals surface area (Å²) in [5, 5.41) is 6.76. The van der Waals surface area contributed by atoms with E-state index in [-0.39, 0.29) is 0 Å². The summed E-state index contributed by atoms with van der Waals surface area (Å²) in [4.78, 5) is 2.44. The highest BCUT2D eigenvalue weighted by molar-refractivity contribution is 5.40. The number of rotatable bonds is 0. The number of hydrogen-bond acceptors (Lipinski definition) is 3. The Bertz CT molecular complexity index is 314. The molecule has 0 aromatic carbocycles. The van der Waals surface area contributed by atoms with E-state index in [2.05, 4.69) is 33.8 Å². The van der Waals surface area contributed by atoms with E-state index < -0.39 is 0 Å². The Morgan fingerprint density at radius 2 is 2.46 bits per heavy atom. The predicted octanol–water partition coefficient (Wildman–Crippen LogP) is 0.158. The number of fused-ring (bicyclic) bond motifs is 3. The molecule has 3 aliphatic rings. The van der Waals surface area contributed by atoms with Crippen LogP contribution in [-0.2, 0) is 0 Å². The van der Waals surface area contributed by atoms with Crippen molar-refractivity contribution >= 4 is 0 Å². The van der Waals surface area contributed by atoms with Gasteiger partial charge in [-0.2, -0.15) is 0 Å². The zero-order valence-electron chi connectivity index (χ0n) is 7.46. The lowest BCUT2D eigenvalue weighted by Crippen LogP contribution is -2.48. The van der Waals surface area contributed by atoms with Gasteiger partial charge in [-0.1, -0.05) is 6.08 Å². The van der Waals surface area contributed by atoms with Crippen LogP contribution in [0.25, 0.3) is 0 Å². The first-order valence-electron chi connectivity index (χ1n) is 4.76. The molecular weight excluding hydrogens is 162 g/mol. The lowest BCUT2D eigenvalue weighted by Gasteiger charge is -2.34. The molecule has 3 aliphatic heterocycles. The van der Waals surface area contributed by atoms with Crippen molar-refractivity contribution in [3.8, 4) is 0 Å². The number of piperazine rings is 1. The van der Waals surface area contributed by atoms with Crippen molar-refractivity contribution in [3.63, 3.8) is 0 Å². The van der Waals surface area contributed by atoms with Crippen LogP contribution in [0.5, 0.6) is 0 Å². The van der Waals surface area contributed by atoms with Crippen LogP contribution >= 0.6 is 0 Å². The average molecular weight is 175 g/mol. The van der Waals surface area contributed by atoms with Gasteiger partial charge in [0.1, 0.15) is 6.17 Å². The Morgan fingerprint density at radius 1 is 1.46 bits per heavy atom. The van der Waals surface area contributed by atoms with E-state index in [1.165, 1.54) is 11.3 Å². The molecule has 0 spiro atoms. The second-order valence-corrected chi connectivity index (χ2v) is 3.60. The number of hydrogen-bond donors (Lipinski definition) is 2. The fourth-order valence-corrected chi connectivity index (χ4v) is 2.17. The molecule has 0 aromatic heterocycles. The van der Waals surface area contributed by atoms with Gasteiger partial charge in [-0.3, -0.25) is 0 Å².